The normalized spacial score (nSPS) is 17.5. The van der Waals surface area contributed by atoms with Gasteiger partial charge in [0.15, 0.2) is 5.76 Å². The van der Waals surface area contributed by atoms with Crippen LogP contribution in [0.15, 0.2) is 72.5 Å². The topological polar surface area (TPSA) is 53.0 Å². The number of aromatic hydroxyl groups is 1. The predicted molar refractivity (Wildman–Crippen MR) is 140 cm³/mol. The van der Waals surface area contributed by atoms with Gasteiger partial charge in [0.25, 0.3) is 0 Å². The Hall–Kier alpha value is -3.57. The van der Waals surface area contributed by atoms with E-state index in [9.17, 15) is 9.90 Å². The summed E-state index contributed by atoms with van der Waals surface area (Å²) >= 11 is 0. The summed E-state index contributed by atoms with van der Waals surface area (Å²) in [6.07, 6.45) is 1.79. The number of carbonyl (C=O) groups is 1. The molecule has 0 atom stereocenters. The van der Waals surface area contributed by atoms with Crippen molar-refractivity contribution >= 4 is 17.5 Å². The second-order valence-electron chi connectivity index (χ2n) is 10.4. The molecule has 0 aromatic heterocycles. The van der Waals surface area contributed by atoms with Gasteiger partial charge in [-0.05, 0) is 46.9 Å². The summed E-state index contributed by atoms with van der Waals surface area (Å²) in [5.41, 5.74) is 4.64. The molecule has 1 saturated heterocycles. The van der Waals surface area contributed by atoms with Crippen molar-refractivity contribution in [2.45, 2.75) is 32.7 Å². The van der Waals surface area contributed by atoms with Gasteiger partial charge in [0.2, 0.25) is 5.78 Å². The highest BCUT2D eigenvalue weighted by Crippen LogP contribution is 2.40. The standard InChI is InChI=1S/C30H32N2O3/c1-30(2,3)22-11-9-21(10-12-22)19-27-28(34)24-13-14-26(33)25(29(24)35-27)20-31-15-17-32(18-16-31)23-7-5-4-6-8-23/h4-14,19,33H,15-18,20H2,1-3H3/b27-19+. The lowest BCUT2D eigenvalue weighted by Gasteiger charge is -2.36. The zero-order chi connectivity index (χ0) is 24.6. The molecule has 0 unspecified atom stereocenters. The van der Waals surface area contributed by atoms with Gasteiger partial charge in [0.05, 0.1) is 11.1 Å². The average molecular weight is 469 g/mol. The molecule has 2 aliphatic heterocycles. The zero-order valence-corrected chi connectivity index (χ0v) is 20.6. The van der Waals surface area contributed by atoms with Crippen LogP contribution in [0.4, 0.5) is 5.69 Å². The van der Waals surface area contributed by atoms with Gasteiger partial charge in [-0.3, -0.25) is 9.69 Å². The second kappa shape index (κ2) is 9.23. The summed E-state index contributed by atoms with van der Waals surface area (Å²) in [6, 6.07) is 21.9. The first-order valence-electron chi connectivity index (χ1n) is 12.2. The van der Waals surface area contributed by atoms with E-state index in [2.05, 4.69) is 67.0 Å². The molecule has 5 heteroatoms. The summed E-state index contributed by atoms with van der Waals surface area (Å²) in [7, 11) is 0. The maximum Gasteiger partial charge on any atom is 0.231 e. The molecular weight excluding hydrogens is 436 g/mol. The molecule has 1 fully saturated rings. The number of rotatable bonds is 4. The highest BCUT2D eigenvalue weighted by atomic mass is 16.5. The van der Waals surface area contributed by atoms with E-state index >= 15 is 0 Å². The second-order valence-corrected chi connectivity index (χ2v) is 10.4. The first-order chi connectivity index (χ1) is 16.8. The maximum absolute atomic E-state index is 13.1. The first kappa shape index (κ1) is 23.2. The Balaban J connectivity index is 1.32. The molecule has 0 aliphatic carbocycles. The summed E-state index contributed by atoms with van der Waals surface area (Å²) < 4.78 is 6.08. The number of fused-ring (bicyclic) bond motifs is 1. The van der Waals surface area contributed by atoms with E-state index in [1.54, 1.807) is 18.2 Å². The largest absolute Gasteiger partial charge is 0.507 e. The number of phenols is 1. The van der Waals surface area contributed by atoms with E-state index < -0.39 is 0 Å². The van der Waals surface area contributed by atoms with Gasteiger partial charge >= 0.3 is 0 Å². The van der Waals surface area contributed by atoms with Crippen molar-refractivity contribution in [3.8, 4) is 11.5 Å². The molecule has 35 heavy (non-hydrogen) atoms. The molecule has 2 heterocycles. The third kappa shape index (κ3) is 4.82. The molecule has 0 amide bonds. The highest BCUT2D eigenvalue weighted by molar-refractivity contribution is 6.15. The van der Waals surface area contributed by atoms with Gasteiger partial charge in [-0.2, -0.15) is 0 Å². The van der Waals surface area contributed by atoms with Crippen LogP contribution in [-0.4, -0.2) is 42.0 Å². The van der Waals surface area contributed by atoms with Crippen LogP contribution in [-0.2, 0) is 12.0 Å². The number of Topliss-reactive ketones (excluding diaryl/α,β-unsaturated/α-hetero) is 1. The fourth-order valence-electron chi connectivity index (χ4n) is 4.71. The minimum Gasteiger partial charge on any atom is -0.507 e. The number of carbonyl (C=O) groups excluding carboxylic acids is 1. The molecule has 5 nitrogen and oxygen atoms in total. The number of benzene rings is 3. The fourth-order valence-corrected chi connectivity index (χ4v) is 4.71. The molecule has 3 aromatic carbocycles. The Labute approximate surface area is 207 Å². The van der Waals surface area contributed by atoms with Gasteiger partial charge in [0.1, 0.15) is 11.5 Å². The summed E-state index contributed by atoms with van der Waals surface area (Å²) in [6.45, 7) is 10.6. The predicted octanol–water partition coefficient (Wildman–Crippen LogP) is 5.63. The SMILES string of the molecule is CC(C)(C)c1ccc(/C=C2/Oc3c(ccc(O)c3CN3CCN(c4ccccc4)CC3)C2=O)cc1. The molecule has 0 bridgehead atoms. The van der Waals surface area contributed by atoms with Gasteiger partial charge in [0, 0.05) is 38.4 Å². The van der Waals surface area contributed by atoms with Gasteiger partial charge in [-0.25, -0.2) is 0 Å². The quantitative estimate of drug-likeness (QED) is 0.503. The number of hydrogen-bond acceptors (Lipinski definition) is 5. The molecular formula is C30H32N2O3. The number of phenolic OH excluding ortho intramolecular Hbond substituents is 1. The van der Waals surface area contributed by atoms with E-state index in [-0.39, 0.29) is 16.9 Å². The molecule has 0 spiro atoms. The van der Waals surface area contributed by atoms with E-state index in [1.807, 2.05) is 18.2 Å². The van der Waals surface area contributed by atoms with Crippen molar-refractivity contribution in [3.63, 3.8) is 0 Å². The minimum atomic E-state index is -0.143. The molecule has 2 aliphatic rings. The number of nitrogens with zero attached hydrogens (tertiary/aromatic N) is 2. The summed E-state index contributed by atoms with van der Waals surface area (Å²) in [5.74, 6) is 0.801. The molecule has 5 rings (SSSR count). The Morgan fingerprint density at radius 1 is 0.914 bits per heavy atom. The molecule has 180 valence electrons. The first-order valence-corrected chi connectivity index (χ1v) is 12.2. The van der Waals surface area contributed by atoms with Crippen molar-refractivity contribution in [1.29, 1.82) is 0 Å². The van der Waals surface area contributed by atoms with Crippen LogP contribution in [0.1, 0.15) is 47.8 Å². The number of para-hydroxylation sites is 1. The van der Waals surface area contributed by atoms with Crippen LogP contribution in [0, 0.1) is 0 Å². The van der Waals surface area contributed by atoms with E-state index in [1.165, 1.54) is 11.3 Å². The van der Waals surface area contributed by atoms with Crippen LogP contribution < -0.4 is 9.64 Å². The lowest BCUT2D eigenvalue weighted by Crippen LogP contribution is -2.46. The number of ether oxygens (including phenoxy) is 1. The molecule has 3 aromatic rings. The Kier molecular flexibility index (Phi) is 6.12. The van der Waals surface area contributed by atoms with Gasteiger partial charge < -0.3 is 14.7 Å². The molecule has 0 radical (unpaired) electrons. The smallest absolute Gasteiger partial charge is 0.231 e. The Morgan fingerprint density at radius 2 is 1.60 bits per heavy atom. The minimum absolute atomic E-state index is 0.0700. The number of anilines is 1. The van der Waals surface area contributed by atoms with Crippen molar-refractivity contribution in [2.24, 2.45) is 0 Å². The molecule has 0 saturated carbocycles. The lowest BCUT2D eigenvalue weighted by atomic mass is 9.86. The number of ketones is 1. The Bertz CT molecular complexity index is 1250. The van der Waals surface area contributed by atoms with E-state index in [4.69, 9.17) is 4.74 Å². The molecule has 1 N–H and O–H groups in total. The Morgan fingerprint density at radius 3 is 2.26 bits per heavy atom. The van der Waals surface area contributed by atoms with Crippen molar-refractivity contribution in [2.75, 3.05) is 31.1 Å². The van der Waals surface area contributed by atoms with Gasteiger partial charge in [-0.1, -0.05) is 63.2 Å². The highest BCUT2D eigenvalue weighted by Gasteiger charge is 2.32. The van der Waals surface area contributed by atoms with Crippen molar-refractivity contribution < 1.29 is 14.6 Å². The number of piperazine rings is 1. The number of hydrogen-bond donors (Lipinski definition) is 1. The lowest BCUT2D eigenvalue weighted by molar-refractivity contribution is 0.101. The third-order valence-electron chi connectivity index (χ3n) is 6.87. The van der Waals surface area contributed by atoms with Crippen LogP contribution in [0.5, 0.6) is 11.5 Å². The maximum atomic E-state index is 13.1. The van der Waals surface area contributed by atoms with Crippen LogP contribution >= 0.6 is 0 Å². The van der Waals surface area contributed by atoms with E-state index in [0.29, 0.717) is 29.2 Å². The monoisotopic (exact) mass is 468 g/mol. The third-order valence-corrected chi connectivity index (χ3v) is 6.87. The average Bonchev–Trinajstić information content (AvgIpc) is 3.17. The van der Waals surface area contributed by atoms with Crippen LogP contribution in [0.2, 0.25) is 0 Å². The summed E-state index contributed by atoms with van der Waals surface area (Å²) in [4.78, 5) is 17.8. The van der Waals surface area contributed by atoms with Crippen LogP contribution in [0.25, 0.3) is 6.08 Å². The fraction of sp³-hybridized carbons (Fsp3) is 0.300. The van der Waals surface area contributed by atoms with Crippen molar-refractivity contribution in [1.82, 2.24) is 4.90 Å². The zero-order valence-electron chi connectivity index (χ0n) is 20.6. The number of allylic oxidation sites excluding steroid dienone is 1. The van der Waals surface area contributed by atoms with Gasteiger partial charge in [-0.15, -0.1) is 0 Å². The summed E-state index contributed by atoms with van der Waals surface area (Å²) in [5, 5.41) is 10.7. The van der Waals surface area contributed by atoms with E-state index in [0.717, 1.165) is 31.7 Å². The van der Waals surface area contributed by atoms with Crippen molar-refractivity contribution in [3.05, 3.63) is 94.7 Å². The van der Waals surface area contributed by atoms with Crippen LogP contribution in [0.3, 0.4) is 0 Å².